The number of esters is 1. The normalized spacial score (nSPS) is 14.8. The molecule has 12 heteroatoms. The molecule has 0 aliphatic carbocycles. The van der Waals surface area contributed by atoms with Gasteiger partial charge in [0.1, 0.15) is 0 Å². The van der Waals surface area contributed by atoms with Crippen LogP contribution in [0, 0.1) is 6.92 Å². The lowest BCUT2D eigenvalue weighted by molar-refractivity contribution is -0.146. The number of nitrogens with one attached hydrogen (secondary N) is 2. The first-order chi connectivity index (χ1) is 18.3. The molecule has 1 fully saturated rings. The number of aromatic nitrogens is 1. The number of aliphatic hydroxyl groups excluding tert-OH is 1. The van der Waals surface area contributed by atoms with Crippen LogP contribution < -0.4 is 10.6 Å². The number of thiazole rings is 1. The van der Waals surface area contributed by atoms with Crippen molar-refractivity contribution in [3.63, 3.8) is 0 Å². The van der Waals surface area contributed by atoms with Gasteiger partial charge in [-0.1, -0.05) is 30.2 Å². The summed E-state index contributed by atoms with van der Waals surface area (Å²) in [6.07, 6.45) is 3.70. The van der Waals surface area contributed by atoms with Gasteiger partial charge in [-0.3, -0.25) is 19.3 Å². The van der Waals surface area contributed by atoms with E-state index in [0.29, 0.717) is 44.2 Å². The Morgan fingerprint density at radius 3 is 2.45 bits per heavy atom. The molecule has 1 aliphatic heterocycles. The van der Waals surface area contributed by atoms with E-state index in [1.807, 2.05) is 28.9 Å². The fourth-order valence-electron chi connectivity index (χ4n) is 4.26. The standard InChI is InChI=1S/C26H37N5O6S/c1-18-9-10-19-21(15-18)38-26(28-19)29-23(34)16-30-11-13-31(14-12-30)24(35)8-6-4-3-5-7-22(33)27-20(17-32)25(36)37-2/h9-10,15,20,32H,3-8,11-14,16-17H2,1-2H3,(H,27,33)(H,28,29,34)/t20-/m0/s1. The molecule has 208 valence electrons. The minimum absolute atomic E-state index is 0.105. The first-order valence-electron chi connectivity index (χ1n) is 12.9. The van der Waals surface area contributed by atoms with Crippen LogP contribution in [-0.2, 0) is 23.9 Å². The van der Waals surface area contributed by atoms with Crippen LogP contribution in [0.1, 0.15) is 44.1 Å². The van der Waals surface area contributed by atoms with E-state index < -0.39 is 18.6 Å². The van der Waals surface area contributed by atoms with Gasteiger partial charge >= 0.3 is 5.97 Å². The fourth-order valence-corrected chi connectivity index (χ4v) is 5.24. The van der Waals surface area contributed by atoms with Crippen LogP contribution in [0.3, 0.4) is 0 Å². The van der Waals surface area contributed by atoms with Crippen LogP contribution in [0.15, 0.2) is 18.2 Å². The van der Waals surface area contributed by atoms with Crippen LogP contribution in [0.4, 0.5) is 5.13 Å². The number of unbranched alkanes of at least 4 members (excludes halogenated alkanes) is 3. The van der Waals surface area contributed by atoms with Crippen molar-refractivity contribution in [2.75, 3.05) is 51.8 Å². The first kappa shape index (κ1) is 29.5. The van der Waals surface area contributed by atoms with Gasteiger partial charge in [0.25, 0.3) is 0 Å². The SMILES string of the molecule is COC(=O)[C@H](CO)NC(=O)CCCCCCC(=O)N1CCN(CC(=O)Nc2nc3ccc(C)cc3s2)CC1. The van der Waals surface area contributed by atoms with Crippen LogP contribution in [0.5, 0.6) is 0 Å². The smallest absolute Gasteiger partial charge is 0.330 e. The largest absolute Gasteiger partial charge is 0.467 e. The Balaban J connectivity index is 1.26. The number of piperazine rings is 1. The summed E-state index contributed by atoms with van der Waals surface area (Å²) in [5, 5.41) is 15.1. The molecule has 2 heterocycles. The zero-order valence-corrected chi connectivity index (χ0v) is 22.8. The summed E-state index contributed by atoms with van der Waals surface area (Å²) < 4.78 is 5.57. The van der Waals surface area contributed by atoms with Crippen molar-refractivity contribution in [1.29, 1.82) is 0 Å². The summed E-state index contributed by atoms with van der Waals surface area (Å²) in [5.41, 5.74) is 2.03. The molecule has 0 bridgehead atoms. The predicted octanol–water partition coefficient (Wildman–Crippen LogP) is 1.68. The van der Waals surface area contributed by atoms with Crippen molar-refractivity contribution >= 4 is 50.4 Å². The zero-order chi connectivity index (χ0) is 27.5. The molecule has 0 radical (unpaired) electrons. The second-order valence-corrected chi connectivity index (χ2v) is 10.5. The third-order valence-corrected chi connectivity index (χ3v) is 7.36. The van der Waals surface area contributed by atoms with Crippen LogP contribution >= 0.6 is 11.3 Å². The summed E-state index contributed by atoms with van der Waals surface area (Å²) in [6.45, 7) is 4.27. The van der Waals surface area contributed by atoms with E-state index in [9.17, 15) is 19.2 Å². The second kappa shape index (κ2) is 14.7. The van der Waals surface area contributed by atoms with Crippen LogP contribution in [0.2, 0.25) is 0 Å². The molecule has 1 aromatic carbocycles. The van der Waals surface area contributed by atoms with E-state index in [4.69, 9.17) is 5.11 Å². The summed E-state index contributed by atoms with van der Waals surface area (Å²) in [4.78, 5) is 56.7. The molecule has 11 nitrogen and oxygen atoms in total. The zero-order valence-electron chi connectivity index (χ0n) is 22.0. The van der Waals surface area contributed by atoms with Gasteiger partial charge in [-0.15, -0.1) is 0 Å². The van der Waals surface area contributed by atoms with Crippen LogP contribution in [-0.4, -0.2) is 96.1 Å². The molecule has 3 amide bonds. The number of ether oxygens (including phenoxy) is 1. The van der Waals surface area contributed by atoms with Crippen molar-refractivity contribution in [2.45, 2.75) is 51.5 Å². The molecular formula is C26H37N5O6S. The average molecular weight is 548 g/mol. The molecule has 38 heavy (non-hydrogen) atoms. The van der Waals surface area contributed by atoms with Gasteiger partial charge in [0.05, 0.1) is 30.5 Å². The molecule has 1 aliphatic rings. The second-order valence-electron chi connectivity index (χ2n) is 9.44. The highest BCUT2D eigenvalue weighted by atomic mass is 32.1. The van der Waals surface area contributed by atoms with E-state index >= 15 is 0 Å². The summed E-state index contributed by atoms with van der Waals surface area (Å²) >= 11 is 1.46. The Morgan fingerprint density at radius 1 is 1.05 bits per heavy atom. The lowest BCUT2D eigenvalue weighted by Gasteiger charge is -2.34. The summed E-state index contributed by atoms with van der Waals surface area (Å²) in [6, 6.07) is 4.97. The van der Waals surface area contributed by atoms with Crippen molar-refractivity contribution in [3.8, 4) is 0 Å². The number of rotatable bonds is 13. The number of aryl methyl sites for hydroxylation is 1. The van der Waals surface area contributed by atoms with Crippen molar-refractivity contribution in [3.05, 3.63) is 23.8 Å². The minimum Gasteiger partial charge on any atom is -0.467 e. The number of hydrogen-bond donors (Lipinski definition) is 3. The van der Waals surface area contributed by atoms with E-state index in [2.05, 4.69) is 26.4 Å². The fraction of sp³-hybridized carbons (Fsp3) is 0.577. The highest BCUT2D eigenvalue weighted by molar-refractivity contribution is 7.22. The molecule has 0 spiro atoms. The number of fused-ring (bicyclic) bond motifs is 1. The van der Waals surface area contributed by atoms with Gasteiger partial charge < -0.3 is 25.4 Å². The number of benzene rings is 1. The Bertz CT molecular complexity index is 1110. The maximum absolute atomic E-state index is 12.6. The van der Waals surface area contributed by atoms with Gasteiger partial charge in [-0.05, 0) is 37.5 Å². The predicted molar refractivity (Wildman–Crippen MR) is 145 cm³/mol. The molecule has 3 rings (SSSR count). The van der Waals surface area contributed by atoms with E-state index in [1.165, 1.54) is 18.4 Å². The highest BCUT2D eigenvalue weighted by Crippen LogP contribution is 2.26. The Hall–Kier alpha value is -3.09. The maximum atomic E-state index is 12.6. The molecular weight excluding hydrogens is 510 g/mol. The van der Waals surface area contributed by atoms with Crippen molar-refractivity contribution < 1.29 is 29.0 Å². The Labute approximate surface area is 226 Å². The topological polar surface area (TPSA) is 141 Å². The molecule has 3 N–H and O–H groups in total. The summed E-state index contributed by atoms with van der Waals surface area (Å²) in [7, 11) is 1.20. The highest BCUT2D eigenvalue weighted by Gasteiger charge is 2.23. The van der Waals surface area contributed by atoms with Crippen molar-refractivity contribution in [1.82, 2.24) is 20.1 Å². The molecule has 2 aromatic rings. The number of carbonyl (C=O) groups is 4. The summed E-state index contributed by atoms with van der Waals surface area (Å²) in [5.74, 6) is -0.984. The Kier molecular flexibility index (Phi) is 11.4. The minimum atomic E-state index is -1.04. The van der Waals surface area contributed by atoms with Gasteiger partial charge in [0, 0.05) is 39.0 Å². The third-order valence-electron chi connectivity index (χ3n) is 6.43. The van der Waals surface area contributed by atoms with Gasteiger partial charge in [0.2, 0.25) is 17.7 Å². The van der Waals surface area contributed by atoms with E-state index in [-0.39, 0.29) is 30.7 Å². The Morgan fingerprint density at radius 2 is 1.76 bits per heavy atom. The lowest BCUT2D eigenvalue weighted by Crippen LogP contribution is -2.50. The van der Waals surface area contributed by atoms with Gasteiger partial charge in [0.15, 0.2) is 11.2 Å². The number of anilines is 1. The number of amides is 3. The maximum Gasteiger partial charge on any atom is 0.330 e. The quantitative estimate of drug-likeness (QED) is 0.254. The molecule has 1 saturated heterocycles. The van der Waals surface area contributed by atoms with Gasteiger partial charge in [-0.25, -0.2) is 9.78 Å². The lowest BCUT2D eigenvalue weighted by atomic mass is 10.1. The number of nitrogens with zero attached hydrogens (tertiary/aromatic N) is 3. The average Bonchev–Trinajstić information content (AvgIpc) is 3.30. The number of hydrogen-bond acceptors (Lipinski definition) is 9. The molecule has 1 aromatic heterocycles. The van der Waals surface area contributed by atoms with Crippen molar-refractivity contribution in [2.24, 2.45) is 0 Å². The van der Waals surface area contributed by atoms with Gasteiger partial charge in [-0.2, -0.15) is 0 Å². The van der Waals surface area contributed by atoms with E-state index in [0.717, 1.165) is 35.0 Å². The number of carbonyl (C=O) groups excluding carboxylic acids is 4. The monoisotopic (exact) mass is 547 g/mol. The number of aliphatic hydroxyl groups is 1. The van der Waals surface area contributed by atoms with E-state index in [1.54, 1.807) is 0 Å². The molecule has 0 unspecified atom stereocenters. The molecule has 1 atom stereocenters. The first-order valence-corrected chi connectivity index (χ1v) is 13.8. The third kappa shape index (κ3) is 9.03. The molecule has 0 saturated carbocycles. The number of methoxy groups -OCH3 is 1. The van der Waals surface area contributed by atoms with Crippen LogP contribution in [0.25, 0.3) is 10.2 Å².